The lowest BCUT2D eigenvalue weighted by Crippen LogP contribution is -2.17. The molecule has 0 saturated carbocycles. The third-order valence-electron chi connectivity index (χ3n) is 4.24. The number of hydrogen-bond donors (Lipinski definition) is 1. The summed E-state index contributed by atoms with van der Waals surface area (Å²) in [7, 11) is 0. The molecule has 164 valence electrons. The number of amides is 1. The van der Waals surface area contributed by atoms with Gasteiger partial charge in [0.15, 0.2) is 17.1 Å². The largest absolute Gasteiger partial charge is 0.481 e. The van der Waals surface area contributed by atoms with Crippen LogP contribution in [0.25, 0.3) is 0 Å². The van der Waals surface area contributed by atoms with Gasteiger partial charge < -0.3 is 14.6 Å². The topological polar surface area (TPSA) is 69.0 Å². The van der Waals surface area contributed by atoms with E-state index in [2.05, 4.69) is 29.4 Å². The fourth-order valence-electron chi connectivity index (χ4n) is 2.92. The predicted molar refractivity (Wildman–Crippen MR) is 121 cm³/mol. The van der Waals surface area contributed by atoms with Gasteiger partial charge in [-0.25, -0.2) is 4.39 Å². The van der Waals surface area contributed by atoms with Gasteiger partial charge >= 0.3 is 0 Å². The van der Waals surface area contributed by atoms with Crippen LogP contribution in [0.1, 0.15) is 32.7 Å². The van der Waals surface area contributed by atoms with E-state index in [9.17, 15) is 9.18 Å². The quantitative estimate of drug-likeness (QED) is 0.419. The number of thioether (sulfide) groups is 1. The van der Waals surface area contributed by atoms with Gasteiger partial charge in [-0.1, -0.05) is 55.4 Å². The van der Waals surface area contributed by atoms with E-state index in [-0.39, 0.29) is 17.8 Å². The molecule has 0 aliphatic heterocycles. The highest BCUT2D eigenvalue weighted by Crippen LogP contribution is 2.30. The van der Waals surface area contributed by atoms with Gasteiger partial charge in [0.2, 0.25) is 5.91 Å². The van der Waals surface area contributed by atoms with E-state index >= 15 is 0 Å². The van der Waals surface area contributed by atoms with Crippen LogP contribution in [0.15, 0.2) is 53.7 Å². The third-order valence-corrected chi connectivity index (χ3v) is 5.52. The van der Waals surface area contributed by atoms with Crippen LogP contribution < -0.4 is 10.1 Å². The summed E-state index contributed by atoms with van der Waals surface area (Å²) in [6.45, 7) is 6.74. The van der Waals surface area contributed by atoms with Crippen LogP contribution in [0.3, 0.4) is 0 Å². The SMILES string of the molecule is CC(C)Cn1c(SCC(=O)Nc2cccc(F)c2)nnc1C(C)Oc1ccccc1Cl. The van der Waals surface area contributed by atoms with Crippen LogP contribution in [0.2, 0.25) is 5.02 Å². The van der Waals surface area contributed by atoms with Crippen molar-refractivity contribution in [2.24, 2.45) is 5.92 Å². The first kappa shape index (κ1) is 23.1. The summed E-state index contributed by atoms with van der Waals surface area (Å²) in [4.78, 5) is 12.3. The second-order valence-corrected chi connectivity index (χ2v) is 8.73. The molecular weight excluding hydrogens is 439 g/mol. The monoisotopic (exact) mass is 462 g/mol. The molecule has 0 fully saturated rings. The molecule has 1 N–H and O–H groups in total. The standard InChI is InChI=1S/C22H24ClFN4O2S/c1-14(2)12-28-21(15(3)30-19-10-5-4-9-18(19)23)26-27-22(28)31-13-20(29)25-17-8-6-7-16(24)11-17/h4-11,14-15H,12-13H2,1-3H3,(H,25,29). The Balaban J connectivity index is 1.71. The number of nitrogens with one attached hydrogen (secondary N) is 1. The summed E-state index contributed by atoms with van der Waals surface area (Å²) < 4.78 is 21.3. The van der Waals surface area contributed by atoms with Crippen LogP contribution in [-0.4, -0.2) is 26.4 Å². The number of benzene rings is 2. The van der Waals surface area contributed by atoms with Gasteiger partial charge in [0, 0.05) is 12.2 Å². The number of carbonyl (C=O) groups is 1. The van der Waals surface area contributed by atoms with E-state index in [1.807, 2.05) is 23.6 Å². The summed E-state index contributed by atoms with van der Waals surface area (Å²) in [5.41, 5.74) is 0.414. The predicted octanol–water partition coefficient (Wildman–Crippen LogP) is 5.60. The number of nitrogens with zero attached hydrogens (tertiary/aromatic N) is 3. The molecule has 1 unspecified atom stereocenters. The number of anilines is 1. The van der Waals surface area contributed by atoms with Crippen molar-refractivity contribution in [3.05, 3.63) is 65.2 Å². The first-order chi connectivity index (χ1) is 14.8. The zero-order valence-corrected chi connectivity index (χ0v) is 19.1. The van der Waals surface area contributed by atoms with Crippen LogP contribution in [-0.2, 0) is 11.3 Å². The number of para-hydroxylation sites is 1. The van der Waals surface area contributed by atoms with Crippen LogP contribution in [0, 0.1) is 11.7 Å². The van der Waals surface area contributed by atoms with Gasteiger partial charge in [-0.2, -0.15) is 0 Å². The minimum Gasteiger partial charge on any atom is -0.481 e. The molecule has 0 aliphatic carbocycles. The Bertz CT molecular complexity index is 1040. The molecule has 1 atom stereocenters. The molecule has 3 rings (SSSR count). The van der Waals surface area contributed by atoms with E-state index < -0.39 is 5.82 Å². The maximum absolute atomic E-state index is 13.3. The zero-order valence-electron chi connectivity index (χ0n) is 17.5. The fourth-order valence-corrected chi connectivity index (χ4v) is 3.86. The lowest BCUT2D eigenvalue weighted by molar-refractivity contribution is -0.113. The van der Waals surface area contributed by atoms with Crippen molar-refractivity contribution >= 4 is 35.0 Å². The number of carbonyl (C=O) groups excluding carboxylic acids is 1. The molecule has 6 nitrogen and oxygen atoms in total. The second kappa shape index (κ2) is 10.6. The molecule has 3 aromatic rings. The normalized spacial score (nSPS) is 12.1. The Hall–Kier alpha value is -2.58. The summed E-state index contributed by atoms with van der Waals surface area (Å²) in [5, 5.41) is 12.4. The minimum absolute atomic E-state index is 0.118. The molecule has 0 saturated heterocycles. The molecule has 1 amide bonds. The first-order valence-electron chi connectivity index (χ1n) is 9.86. The average Bonchev–Trinajstić information content (AvgIpc) is 3.10. The molecule has 31 heavy (non-hydrogen) atoms. The summed E-state index contributed by atoms with van der Waals surface area (Å²) >= 11 is 7.48. The van der Waals surface area contributed by atoms with Crippen molar-refractivity contribution in [3.63, 3.8) is 0 Å². The van der Waals surface area contributed by atoms with E-state index in [1.54, 1.807) is 24.3 Å². The number of hydrogen-bond acceptors (Lipinski definition) is 5. The Morgan fingerprint density at radius 2 is 1.97 bits per heavy atom. The zero-order chi connectivity index (χ0) is 22.4. The lowest BCUT2D eigenvalue weighted by atomic mass is 10.2. The molecule has 1 aromatic heterocycles. The van der Waals surface area contributed by atoms with Crippen molar-refractivity contribution in [1.82, 2.24) is 14.8 Å². The van der Waals surface area contributed by atoms with Gasteiger partial charge in [-0.05, 0) is 43.2 Å². The minimum atomic E-state index is -0.403. The average molecular weight is 463 g/mol. The fraction of sp³-hybridized carbons (Fsp3) is 0.318. The molecule has 2 aromatic carbocycles. The van der Waals surface area contributed by atoms with Gasteiger partial charge in [-0.3, -0.25) is 4.79 Å². The summed E-state index contributed by atoms with van der Waals surface area (Å²) in [6.07, 6.45) is -0.387. The highest BCUT2D eigenvalue weighted by molar-refractivity contribution is 7.99. The van der Waals surface area contributed by atoms with Crippen LogP contribution >= 0.6 is 23.4 Å². The molecule has 0 aliphatic rings. The Labute approximate surface area is 190 Å². The van der Waals surface area contributed by atoms with Crippen molar-refractivity contribution in [2.45, 2.75) is 38.6 Å². The molecule has 1 heterocycles. The Morgan fingerprint density at radius 1 is 1.19 bits per heavy atom. The molecule has 0 bridgehead atoms. The van der Waals surface area contributed by atoms with Crippen LogP contribution in [0.4, 0.5) is 10.1 Å². The molecule has 0 radical (unpaired) electrons. The lowest BCUT2D eigenvalue weighted by Gasteiger charge is -2.18. The van der Waals surface area contributed by atoms with E-state index in [4.69, 9.17) is 16.3 Å². The maximum atomic E-state index is 13.3. The molecule has 0 spiro atoms. The number of aromatic nitrogens is 3. The van der Waals surface area contributed by atoms with E-state index in [0.717, 1.165) is 0 Å². The number of rotatable bonds is 9. The van der Waals surface area contributed by atoms with E-state index in [0.29, 0.717) is 39.9 Å². The van der Waals surface area contributed by atoms with Crippen LogP contribution in [0.5, 0.6) is 5.75 Å². The van der Waals surface area contributed by atoms with Crippen molar-refractivity contribution in [2.75, 3.05) is 11.1 Å². The third kappa shape index (κ3) is 6.45. The Kier molecular flexibility index (Phi) is 7.92. The second-order valence-electron chi connectivity index (χ2n) is 7.38. The summed E-state index contributed by atoms with van der Waals surface area (Å²) in [5.74, 6) is 1.02. The number of ether oxygens (including phenoxy) is 1. The van der Waals surface area contributed by atoms with Crippen molar-refractivity contribution in [1.29, 1.82) is 0 Å². The van der Waals surface area contributed by atoms with Crippen molar-refractivity contribution in [3.8, 4) is 5.75 Å². The smallest absolute Gasteiger partial charge is 0.234 e. The van der Waals surface area contributed by atoms with Crippen molar-refractivity contribution < 1.29 is 13.9 Å². The highest BCUT2D eigenvalue weighted by atomic mass is 35.5. The molecule has 9 heteroatoms. The maximum Gasteiger partial charge on any atom is 0.234 e. The van der Waals surface area contributed by atoms with Gasteiger partial charge in [0.05, 0.1) is 10.8 Å². The number of halogens is 2. The Morgan fingerprint density at radius 3 is 2.68 bits per heavy atom. The first-order valence-corrected chi connectivity index (χ1v) is 11.2. The summed E-state index contributed by atoms with van der Waals surface area (Å²) in [6, 6.07) is 13.0. The van der Waals surface area contributed by atoms with E-state index in [1.165, 1.54) is 23.9 Å². The van der Waals surface area contributed by atoms with Gasteiger partial charge in [0.25, 0.3) is 0 Å². The molecular formula is C22H24ClFN4O2S. The highest BCUT2D eigenvalue weighted by Gasteiger charge is 2.21. The van der Waals surface area contributed by atoms with Gasteiger partial charge in [-0.15, -0.1) is 10.2 Å². The van der Waals surface area contributed by atoms with Gasteiger partial charge in [0.1, 0.15) is 11.6 Å².